The highest BCUT2D eigenvalue weighted by molar-refractivity contribution is 7.86. The molecule has 0 saturated heterocycles. The highest BCUT2D eigenvalue weighted by atomic mass is 32.2. The molecule has 3 N–H and O–H groups in total. The minimum absolute atomic E-state index is 0.157. The van der Waals surface area contributed by atoms with Crippen molar-refractivity contribution in [2.45, 2.75) is 45.4 Å². The third-order valence-electron chi connectivity index (χ3n) is 2.11. The molecule has 0 aliphatic carbocycles. The summed E-state index contributed by atoms with van der Waals surface area (Å²) in [5.41, 5.74) is 5.18. The zero-order chi connectivity index (χ0) is 12.9. The van der Waals surface area contributed by atoms with Crippen LogP contribution in [-0.2, 0) is 15.6 Å². The predicted molar refractivity (Wildman–Crippen MR) is 68.6 cm³/mol. The summed E-state index contributed by atoms with van der Waals surface area (Å²) in [6.07, 6.45) is 0. The first-order valence-corrected chi connectivity index (χ1v) is 6.95. The van der Waals surface area contributed by atoms with E-state index < -0.39 is 16.0 Å². The van der Waals surface area contributed by atoms with E-state index in [9.17, 15) is 9.00 Å². The van der Waals surface area contributed by atoms with Crippen molar-refractivity contribution in [2.75, 3.05) is 12.3 Å². The van der Waals surface area contributed by atoms with E-state index >= 15 is 0 Å². The Hall–Kier alpha value is -0.420. The molecule has 0 heterocycles. The van der Waals surface area contributed by atoms with E-state index in [0.717, 1.165) is 0 Å². The molecule has 16 heavy (non-hydrogen) atoms. The van der Waals surface area contributed by atoms with Crippen molar-refractivity contribution in [3.8, 4) is 0 Å². The fourth-order valence-electron chi connectivity index (χ4n) is 1.08. The molecule has 3 unspecified atom stereocenters. The van der Waals surface area contributed by atoms with Gasteiger partial charge in [0.25, 0.3) is 0 Å². The largest absolute Gasteiger partial charge is 0.350 e. The number of nitrogens with two attached hydrogens (primary N) is 1. The van der Waals surface area contributed by atoms with Gasteiger partial charge in [-0.05, 0) is 40.2 Å². The zero-order valence-electron chi connectivity index (χ0n) is 10.9. The summed E-state index contributed by atoms with van der Waals surface area (Å²) in [6.45, 7) is 9.85. The molecule has 0 aromatic rings. The molecule has 0 aromatic heterocycles. The highest BCUT2D eigenvalue weighted by Crippen LogP contribution is 2.06. The molecule has 0 bridgehead atoms. The molecular weight excluding hydrogens is 224 g/mol. The predicted octanol–water partition coefficient (Wildman–Crippen LogP) is 0.633. The SMILES string of the molecule is CC(CN)CS(=O)C(C)C(=O)NC(C)(C)C. The lowest BCUT2D eigenvalue weighted by molar-refractivity contribution is -0.121. The van der Waals surface area contributed by atoms with Crippen molar-refractivity contribution in [3.05, 3.63) is 0 Å². The van der Waals surface area contributed by atoms with Crippen molar-refractivity contribution in [1.82, 2.24) is 5.32 Å². The zero-order valence-corrected chi connectivity index (χ0v) is 11.7. The maximum absolute atomic E-state index is 11.8. The van der Waals surface area contributed by atoms with Gasteiger partial charge in [0.15, 0.2) is 0 Å². The minimum Gasteiger partial charge on any atom is -0.350 e. The molecule has 0 saturated carbocycles. The monoisotopic (exact) mass is 248 g/mol. The molecule has 0 radical (unpaired) electrons. The lowest BCUT2D eigenvalue weighted by Crippen LogP contribution is -2.46. The average Bonchev–Trinajstić information content (AvgIpc) is 2.13. The fraction of sp³-hybridized carbons (Fsp3) is 0.909. The lowest BCUT2D eigenvalue weighted by Gasteiger charge is -2.23. The van der Waals surface area contributed by atoms with Crippen LogP contribution in [0.4, 0.5) is 0 Å². The van der Waals surface area contributed by atoms with Gasteiger partial charge in [0.1, 0.15) is 5.25 Å². The van der Waals surface area contributed by atoms with Crippen LogP contribution in [0.1, 0.15) is 34.6 Å². The third-order valence-corrected chi connectivity index (χ3v) is 4.01. The second-order valence-corrected chi connectivity index (χ2v) is 7.07. The van der Waals surface area contributed by atoms with Crippen molar-refractivity contribution < 1.29 is 9.00 Å². The smallest absolute Gasteiger partial charge is 0.235 e. The molecule has 0 aliphatic rings. The third kappa shape index (κ3) is 6.23. The Balaban J connectivity index is 4.28. The second kappa shape index (κ2) is 6.35. The van der Waals surface area contributed by atoms with Crippen LogP contribution in [0.2, 0.25) is 0 Å². The Bertz CT molecular complexity index is 261. The maximum Gasteiger partial charge on any atom is 0.235 e. The van der Waals surface area contributed by atoms with Gasteiger partial charge in [-0.15, -0.1) is 0 Å². The van der Waals surface area contributed by atoms with Gasteiger partial charge in [-0.1, -0.05) is 6.92 Å². The molecule has 1 amide bonds. The summed E-state index contributed by atoms with van der Waals surface area (Å²) in [7, 11) is -1.15. The summed E-state index contributed by atoms with van der Waals surface area (Å²) in [4.78, 5) is 11.7. The van der Waals surface area contributed by atoms with E-state index in [1.807, 2.05) is 27.7 Å². The normalized spacial score (nSPS) is 17.6. The molecular formula is C11H24N2O2S. The number of rotatable bonds is 5. The van der Waals surface area contributed by atoms with Crippen LogP contribution >= 0.6 is 0 Å². The standard InChI is InChI=1S/C11H24N2O2S/c1-8(6-12)7-16(15)9(2)10(14)13-11(3,4)5/h8-9H,6-7,12H2,1-5H3,(H,13,14). The van der Waals surface area contributed by atoms with Crippen LogP contribution in [-0.4, -0.2) is 33.2 Å². The molecule has 5 heteroatoms. The number of hydrogen-bond acceptors (Lipinski definition) is 3. The van der Waals surface area contributed by atoms with Crippen LogP contribution in [0.25, 0.3) is 0 Å². The van der Waals surface area contributed by atoms with Crippen LogP contribution in [0.3, 0.4) is 0 Å². The van der Waals surface area contributed by atoms with Gasteiger partial charge in [-0.3, -0.25) is 9.00 Å². The first-order valence-electron chi connectivity index (χ1n) is 5.56. The Morgan fingerprint density at radius 2 is 1.88 bits per heavy atom. The summed E-state index contributed by atoms with van der Waals surface area (Å²) in [5, 5.41) is 2.35. The topological polar surface area (TPSA) is 72.2 Å². The number of hydrogen-bond donors (Lipinski definition) is 2. The molecule has 3 atom stereocenters. The van der Waals surface area contributed by atoms with Crippen LogP contribution < -0.4 is 11.1 Å². The quantitative estimate of drug-likeness (QED) is 0.749. The summed E-state index contributed by atoms with van der Waals surface area (Å²) >= 11 is 0. The molecule has 4 nitrogen and oxygen atoms in total. The van der Waals surface area contributed by atoms with E-state index in [1.165, 1.54) is 0 Å². The van der Waals surface area contributed by atoms with Crippen molar-refractivity contribution in [3.63, 3.8) is 0 Å². The number of carbonyl (C=O) groups is 1. The van der Waals surface area contributed by atoms with E-state index in [0.29, 0.717) is 12.3 Å². The van der Waals surface area contributed by atoms with Gasteiger partial charge in [0.05, 0.1) is 0 Å². The Morgan fingerprint density at radius 3 is 2.25 bits per heavy atom. The summed E-state index contributed by atoms with van der Waals surface area (Å²) in [6, 6.07) is 0. The van der Waals surface area contributed by atoms with Crippen molar-refractivity contribution in [1.29, 1.82) is 0 Å². The van der Waals surface area contributed by atoms with Crippen molar-refractivity contribution in [2.24, 2.45) is 11.7 Å². The van der Waals surface area contributed by atoms with Gasteiger partial charge in [0, 0.05) is 22.1 Å². The number of carbonyl (C=O) groups excluding carboxylic acids is 1. The lowest BCUT2D eigenvalue weighted by atomic mass is 10.1. The molecule has 0 rings (SSSR count). The fourth-order valence-corrected chi connectivity index (χ4v) is 2.37. The number of amides is 1. The molecule has 0 fully saturated rings. The average molecular weight is 248 g/mol. The van der Waals surface area contributed by atoms with Gasteiger partial charge in [-0.2, -0.15) is 0 Å². The Labute approximate surface area is 101 Å². The second-order valence-electron chi connectivity index (χ2n) is 5.27. The van der Waals surface area contributed by atoms with E-state index in [4.69, 9.17) is 5.73 Å². The van der Waals surface area contributed by atoms with Gasteiger partial charge >= 0.3 is 0 Å². The minimum atomic E-state index is -1.15. The van der Waals surface area contributed by atoms with Crippen LogP contribution in [0.15, 0.2) is 0 Å². The van der Waals surface area contributed by atoms with E-state index in [1.54, 1.807) is 6.92 Å². The van der Waals surface area contributed by atoms with Crippen LogP contribution in [0, 0.1) is 5.92 Å². The summed E-state index contributed by atoms with van der Waals surface area (Å²) in [5.74, 6) is 0.510. The maximum atomic E-state index is 11.8. The van der Waals surface area contributed by atoms with Gasteiger partial charge in [-0.25, -0.2) is 0 Å². The first kappa shape index (κ1) is 15.6. The number of nitrogens with one attached hydrogen (secondary N) is 1. The van der Waals surface area contributed by atoms with Gasteiger partial charge < -0.3 is 11.1 Å². The van der Waals surface area contributed by atoms with Crippen molar-refractivity contribution >= 4 is 16.7 Å². The van der Waals surface area contributed by atoms with Gasteiger partial charge in [0.2, 0.25) is 5.91 Å². The molecule has 96 valence electrons. The molecule has 0 spiro atoms. The molecule has 0 aliphatic heterocycles. The Kier molecular flexibility index (Phi) is 6.18. The van der Waals surface area contributed by atoms with Crippen LogP contribution in [0.5, 0.6) is 0 Å². The summed E-state index contributed by atoms with van der Waals surface area (Å²) < 4.78 is 11.8. The van der Waals surface area contributed by atoms with E-state index in [-0.39, 0.29) is 17.4 Å². The molecule has 0 aromatic carbocycles. The van der Waals surface area contributed by atoms with E-state index in [2.05, 4.69) is 5.32 Å². The highest BCUT2D eigenvalue weighted by Gasteiger charge is 2.24. The Morgan fingerprint density at radius 1 is 1.38 bits per heavy atom. The first-order chi connectivity index (χ1) is 7.17.